The summed E-state index contributed by atoms with van der Waals surface area (Å²) in [5, 5.41) is 20.2. The smallest absolute Gasteiger partial charge is 0.277 e. The van der Waals surface area contributed by atoms with Crippen LogP contribution in [-0.2, 0) is 14.8 Å². The monoisotopic (exact) mass is 477 g/mol. The Hall–Kier alpha value is -2.42. The molecule has 11 heteroatoms. The van der Waals surface area contributed by atoms with E-state index in [0.29, 0.717) is 18.7 Å². The molecule has 9 nitrogen and oxygen atoms in total. The minimum Gasteiger partial charge on any atom is -0.411 e. The molecule has 32 heavy (non-hydrogen) atoms. The zero-order valence-corrected chi connectivity index (χ0v) is 20.0. The molecule has 1 aromatic heterocycles. The Morgan fingerprint density at radius 2 is 2.03 bits per heavy atom. The highest BCUT2D eigenvalue weighted by molar-refractivity contribution is 7.99. The van der Waals surface area contributed by atoms with Crippen molar-refractivity contribution < 1.29 is 17.6 Å². The third kappa shape index (κ3) is 5.49. The zero-order chi connectivity index (χ0) is 23.4. The van der Waals surface area contributed by atoms with Crippen LogP contribution in [0.15, 0.2) is 38.8 Å². The second kappa shape index (κ2) is 10.0. The molecule has 0 spiro atoms. The predicted molar refractivity (Wildman–Crippen MR) is 120 cm³/mol. The molecule has 0 radical (unpaired) electrons. The molecule has 2 aromatic rings. The van der Waals surface area contributed by atoms with Crippen molar-refractivity contribution in [3.05, 3.63) is 24.3 Å². The fraction of sp³-hybridized carbons (Fsp3) is 0.524. The van der Waals surface area contributed by atoms with E-state index in [9.17, 15) is 18.5 Å². The highest BCUT2D eigenvalue weighted by Crippen LogP contribution is 2.27. The molecule has 0 saturated carbocycles. The summed E-state index contributed by atoms with van der Waals surface area (Å²) in [4.78, 5) is 12.4. The number of thioether (sulfide) groups is 1. The molecule has 1 fully saturated rings. The molecule has 1 saturated heterocycles. The molecular weight excluding hydrogens is 450 g/mol. The van der Waals surface area contributed by atoms with E-state index in [4.69, 9.17) is 4.42 Å². The first-order chi connectivity index (χ1) is 15.2. The Morgan fingerprint density at radius 1 is 1.31 bits per heavy atom. The van der Waals surface area contributed by atoms with Gasteiger partial charge in [-0.05, 0) is 43.9 Å². The Labute approximate surface area is 192 Å². The molecule has 0 bridgehead atoms. The van der Waals surface area contributed by atoms with Crippen molar-refractivity contribution in [1.82, 2.24) is 19.8 Å². The summed E-state index contributed by atoms with van der Waals surface area (Å²) < 4.78 is 33.0. The van der Waals surface area contributed by atoms with E-state index in [-0.39, 0.29) is 33.6 Å². The second-order valence-electron chi connectivity index (χ2n) is 8.17. The molecule has 1 aromatic carbocycles. The number of hydrogen-bond donors (Lipinski definition) is 1. The van der Waals surface area contributed by atoms with Crippen molar-refractivity contribution in [3.63, 3.8) is 0 Å². The number of benzene rings is 1. The van der Waals surface area contributed by atoms with Crippen molar-refractivity contribution in [2.24, 2.45) is 5.92 Å². The lowest BCUT2D eigenvalue weighted by molar-refractivity contribution is -0.120. The SMILES string of the molecule is CC(C)[C@](C)(C#N)NC(=O)CSc1nnc(-c2cccc(S(=O)(=O)N3CCCCC3)c2)o1. The van der Waals surface area contributed by atoms with Gasteiger partial charge in [0.15, 0.2) is 0 Å². The molecular formula is C21H27N5O4S2. The third-order valence-corrected chi connectivity index (χ3v) is 8.27. The van der Waals surface area contributed by atoms with Gasteiger partial charge in [0.25, 0.3) is 5.22 Å². The Morgan fingerprint density at radius 3 is 2.69 bits per heavy atom. The van der Waals surface area contributed by atoms with Gasteiger partial charge in [0.2, 0.25) is 21.8 Å². The molecule has 1 aliphatic rings. The van der Waals surface area contributed by atoms with Gasteiger partial charge in [-0.15, -0.1) is 10.2 Å². The van der Waals surface area contributed by atoms with E-state index in [2.05, 4.69) is 21.6 Å². The molecule has 1 atom stereocenters. The summed E-state index contributed by atoms with van der Waals surface area (Å²) in [6, 6.07) is 8.56. The van der Waals surface area contributed by atoms with Gasteiger partial charge in [-0.25, -0.2) is 8.42 Å². The number of nitriles is 1. The number of carbonyl (C=O) groups is 1. The number of rotatable bonds is 8. The molecule has 2 heterocycles. The summed E-state index contributed by atoms with van der Waals surface area (Å²) in [5.41, 5.74) is -0.471. The molecule has 3 rings (SSSR count). The quantitative estimate of drug-likeness (QED) is 0.574. The van der Waals surface area contributed by atoms with Crippen LogP contribution in [0.5, 0.6) is 0 Å². The lowest BCUT2D eigenvalue weighted by atomic mass is 9.90. The summed E-state index contributed by atoms with van der Waals surface area (Å²) in [6.07, 6.45) is 2.77. The lowest BCUT2D eigenvalue weighted by Crippen LogP contribution is -2.49. The highest BCUT2D eigenvalue weighted by atomic mass is 32.2. The highest BCUT2D eigenvalue weighted by Gasteiger charge is 2.30. The van der Waals surface area contributed by atoms with Crippen LogP contribution in [0, 0.1) is 17.2 Å². The average molecular weight is 478 g/mol. The number of hydrogen-bond acceptors (Lipinski definition) is 8. The van der Waals surface area contributed by atoms with Crippen molar-refractivity contribution in [3.8, 4) is 17.5 Å². The number of carbonyl (C=O) groups excluding carboxylic acids is 1. The molecule has 1 N–H and O–H groups in total. The van der Waals surface area contributed by atoms with E-state index in [1.165, 1.54) is 10.4 Å². The van der Waals surface area contributed by atoms with Crippen molar-refractivity contribution in [2.75, 3.05) is 18.8 Å². The van der Waals surface area contributed by atoms with Gasteiger partial charge >= 0.3 is 0 Å². The molecule has 172 valence electrons. The van der Waals surface area contributed by atoms with E-state index in [1.54, 1.807) is 25.1 Å². The van der Waals surface area contributed by atoms with Crippen LogP contribution in [-0.4, -0.2) is 53.2 Å². The molecule has 1 amide bonds. The van der Waals surface area contributed by atoms with E-state index >= 15 is 0 Å². The van der Waals surface area contributed by atoms with Crippen molar-refractivity contribution in [2.45, 2.75) is 55.7 Å². The van der Waals surface area contributed by atoms with Gasteiger partial charge < -0.3 is 9.73 Å². The Kier molecular flexibility index (Phi) is 7.59. The van der Waals surface area contributed by atoms with Gasteiger partial charge in [0, 0.05) is 18.7 Å². The van der Waals surface area contributed by atoms with Gasteiger partial charge in [-0.1, -0.05) is 38.1 Å². The first-order valence-corrected chi connectivity index (χ1v) is 12.9. The van der Waals surface area contributed by atoms with Gasteiger partial charge in [-0.2, -0.15) is 9.57 Å². The summed E-state index contributed by atoms with van der Waals surface area (Å²) >= 11 is 1.05. The van der Waals surface area contributed by atoms with Crippen LogP contribution in [0.3, 0.4) is 0 Å². The maximum absolute atomic E-state index is 12.9. The maximum Gasteiger partial charge on any atom is 0.277 e. The Bertz CT molecular complexity index is 1100. The van der Waals surface area contributed by atoms with E-state index in [0.717, 1.165) is 31.0 Å². The van der Waals surface area contributed by atoms with Crippen LogP contribution >= 0.6 is 11.8 Å². The van der Waals surface area contributed by atoms with Crippen LogP contribution in [0.25, 0.3) is 11.5 Å². The van der Waals surface area contributed by atoms with Crippen LogP contribution in [0.4, 0.5) is 0 Å². The molecule has 0 aliphatic carbocycles. The molecule has 1 aliphatic heterocycles. The lowest BCUT2D eigenvalue weighted by Gasteiger charge is -2.27. The van der Waals surface area contributed by atoms with E-state index in [1.807, 2.05) is 13.8 Å². The standard InChI is InChI=1S/C21H27N5O4S2/c1-15(2)21(3,14-22)23-18(27)13-31-20-25-24-19(30-20)16-8-7-9-17(12-16)32(28,29)26-10-5-4-6-11-26/h7-9,12,15H,4-6,10-11,13H2,1-3H3,(H,23,27)/t21-/m0/s1. The van der Waals surface area contributed by atoms with Gasteiger partial charge in [-0.3, -0.25) is 4.79 Å². The number of amides is 1. The molecule has 0 unspecified atom stereocenters. The number of sulfonamides is 1. The second-order valence-corrected chi connectivity index (χ2v) is 11.0. The maximum atomic E-state index is 12.9. The first-order valence-electron chi connectivity index (χ1n) is 10.4. The predicted octanol–water partition coefficient (Wildman–Crippen LogP) is 3.06. The minimum absolute atomic E-state index is 0.00893. The van der Waals surface area contributed by atoms with Crippen LogP contribution < -0.4 is 5.32 Å². The van der Waals surface area contributed by atoms with Crippen LogP contribution in [0.1, 0.15) is 40.0 Å². The van der Waals surface area contributed by atoms with Gasteiger partial charge in [0.05, 0.1) is 16.7 Å². The van der Waals surface area contributed by atoms with Crippen LogP contribution in [0.2, 0.25) is 0 Å². The average Bonchev–Trinajstić information content (AvgIpc) is 3.27. The summed E-state index contributed by atoms with van der Waals surface area (Å²) in [5.74, 6) is -0.186. The normalized spacial score (nSPS) is 17.0. The van der Waals surface area contributed by atoms with Gasteiger partial charge in [0.1, 0.15) is 5.54 Å². The minimum atomic E-state index is -3.58. The fourth-order valence-corrected chi connectivity index (χ4v) is 5.31. The summed E-state index contributed by atoms with van der Waals surface area (Å²) in [6.45, 7) is 6.45. The summed E-state index contributed by atoms with van der Waals surface area (Å²) in [7, 11) is -3.58. The Balaban J connectivity index is 1.68. The first kappa shape index (κ1) is 24.2. The van der Waals surface area contributed by atoms with Crippen molar-refractivity contribution in [1.29, 1.82) is 5.26 Å². The number of aromatic nitrogens is 2. The largest absolute Gasteiger partial charge is 0.411 e. The van der Waals surface area contributed by atoms with E-state index < -0.39 is 15.6 Å². The number of nitrogens with one attached hydrogen (secondary N) is 1. The number of piperidine rings is 1. The topological polar surface area (TPSA) is 129 Å². The van der Waals surface area contributed by atoms with Crippen molar-refractivity contribution >= 4 is 27.7 Å². The fourth-order valence-electron chi connectivity index (χ4n) is 3.18. The number of nitrogens with zero attached hydrogens (tertiary/aromatic N) is 4. The third-order valence-electron chi connectivity index (χ3n) is 5.55. The zero-order valence-electron chi connectivity index (χ0n) is 18.4.